The first-order valence-electron chi connectivity index (χ1n) is 6.80. The molecule has 0 radical (unpaired) electrons. The fourth-order valence-electron chi connectivity index (χ4n) is 2.22. The van der Waals surface area contributed by atoms with Crippen LogP contribution in [0.2, 0.25) is 10.0 Å². The minimum atomic E-state index is -0.169. The van der Waals surface area contributed by atoms with Gasteiger partial charge in [-0.05, 0) is 42.8 Å². The maximum absolute atomic E-state index is 12.4. The highest BCUT2D eigenvalue weighted by molar-refractivity contribution is 7.17. The Morgan fingerprint density at radius 3 is 2.48 bits per heavy atom. The molecule has 0 atom stereocenters. The summed E-state index contributed by atoms with van der Waals surface area (Å²) in [6.07, 6.45) is 0. The Kier molecular flexibility index (Phi) is 4.43. The summed E-state index contributed by atoms with van der Waals surface area (Å²) in [7, 11) is 1.79. The number of amides is 1. The van der Waals surface area contributed by atoms with E-state index in [0.717, 1.165) is 16.1 Å². The first-order valence-corrected chi connectivity index (χ1v) is 8.38. The third kappa shape index (κ3) is 3.58. The minimum Gasteiger partial charge on any atom is -0.306 e. The van der Waals surface area contributed by atoms with Crippen molar-refractivity contribution in [3.8, 4) is 10.4 Å². The molecule has 0 bridgehead atoms. The molecular formula is C16H13Cl2N3OS. The molecule has 4 nitrogen and oxygen atoms in total. The summed E-state index contributed by atoms with van der Waals surface area (Å²) >= 11 is 13.4. The van der Waals surface area contributed by atoms with Crippen LogP contribution >= 0.6 is 34.5 Å². The van der Waals surface area contributed by atoms with E-state index >= 15 is 0 Å². The molecule has 3 aromatic rings. The number of carbonyl (C=O) groups is 1. The monoisotopic (exact) mass is 365 g/mol. The standard InChI is InChI=1S/C16H13Cl2N3OS/c1-9-5-15(21(2)20-9)19-16(22)14-4-3-13(23-14)10-6-11(17)8-12(18)7-10/h3-8H,1-2H3,(H,19,22). The second-order valence-electron chi connectivity index (χ2n) is 5.07. The zero-order valence-electron chi connectivity index (χ0n) is 12.4. The number of carbonyl (C=O) groups excluding carboxylic acids is 1. The van der Waals surface area contributed by atoms with E-state index < -0.39 is 0 Å². The molecule has 1 amide bonds. The van der Waals surface area contributed by atoms with Gasteiger partial charge in [0.2, 0.25) is 0 Å². The summed E-state index contributed by atoms with van der Waals surface area (Å²) in [4.78, 5) is 13.9. The number of aromatic nitrogens is 2. The number of aryl methyl sites for hydroxylation is 2. The lowest BCUT2D eigenvalue weighted by atomic mass is 10.2. The lowest BCUT2D eigenvalue weighted by Crippen LogP contribution is -2.13. The predicted molar refractivity (Wildman–Crippen MR) is 95.7 cm³/mol. The lowest BCUT2D eigenvalue weighted by Gasteiger charge is -2.03. The molecule has 1 N–H and O–H groups in total. The molecule has 3 rings (SSSR count). The Morgan fingerprint density at radius 1 is 1.17 bits per heavy atom. The highest BCUT2D eigenvalue weighted by Gasteiger charge is 2.13. The topological polar surface area (TPSA) is 46.9 Å². The zero-order chi connectivity index (χ0) is 16.6. The SMILES string of the molecule is Cc1cc(NC(=O)c2ccc(-c3cc(Cl)cc(Cl)c3)s2)n(C)n1. The van der Waals surface area contributed by atoms with Gasteiger partial charge < -0.3 is 5.32 Å². The molecule has 23 heavy (non-hydrogen) atoms. The number of halogens is 2. The van der Waals surface area contributed by atoms with Gasteiger partial charge in [-0.2, -0.15) is 5.10 Å². The van der Waals surface area contributed by atoms with Crippen LogP contribution in [0.25, 0.3) is 10.4 Å². The van der Waals surface area contributed by atoms with Gasteiger partial charge in [-0.1, -0.05) is 23.2 Å². The van der Waals surface area contributed by atoms with E-state index in [4.69, 9.17) is 23.2 Å². The number of nitrogens with zero attached hydrogens (tertiary/aromatic N) is 2. The largest absolute Gasteiger partial charge is 0.306 e. The normalized spacial score (nSPS) is 10.8. The lowest BCUT2D eigenvalue weighted by molar-refractivity contribution is 0.102. The molecule has 0 saturated heterocycles. The van der Waals surface area contributed by atoms with Gasteiger partial charge in [-0.3, -0.25) is 9.48 Å². The number of hydrogen-bond donors (Lipinski definition) is 1. The maximum Gasteiger partial charge on any atom is 0.266 e. The fourth-order valence-corrected chi connectivity index (χ4v) is 3.63. The molecule has 0 fully saturated rings. The van der Waals surface area contributed by atoms with Crippen molar-refractivity contribution in [2.24, 2.45) is 7.05 Å². The van der Waals surface area contributed by atoms with Crippen LogP contribution in [0, 0.1) is 6.92 Å². The molecule has 7 heteroatoms. The van der Waals surface area contributed by atoms with Crippen molar-refractivity contribution < 1.29 is 4.79 Å². The van der Waals surface area contributed by atoms with E-state index in [1.807, 2.05) is 31.2 Å². The summed E-state index contributed by atoms with van der Waals surface area (Å²) in [6, 6.07) is 10.8. The molecule has 0 aliphatic rings. The van der Waals surface area contributed by atoms with Crippen molar-refractivity contribution in [1.29, 1.82) is 0 Å². The van der Waals surface area contributed by atoms with Gasteiger partial charge >= 0.3 is 0 Å². The average molecular weight is 366 g/mol. The van der Waals surface area contributed by atoms with Gasteiger partial charge in [0.05, 0.1) is 10.6 Å². The molecule has 0 aliphatic heterocycles. The molecule has 0 unspecified atom stereocenters. The second kappa shape index (κ2) is 6.35. The van der Waals surface area contributed by atoms with Crippen LogP contribution in [-0.4, -0.2) is 15.7 Å². The van der Waals surface area contributed by atoms with Crippen molar-refractivity contribution in [1.82, 2.24) is 9.78 Å². The van der Waals surface area contributed by atoms with Crippen LogP contribution in [0.3, 0.4) is 0 Å². The minimum absolute atomic E-state index is 0.169. The van der Waals surface area contributed by atoms with Crippen molar-refractivity contribution in [2.75, 3.05) is 5.32 Å². The third-order valence-corrected chi connectivity index (χ3v) is 4.79. The van der Waals surface area contributed by atoms with Crippen LogP contribution in [0.4, 0.5) is 5.82 Å². The van der Waals surface area contributed by atoms with Gasteiger partial charge in [0.15, 0.2) is 0 Å². The van der Waals surface area contributed by atoms with Gasteiger partial charge in [-0.15, -0.1) is 11.3 Å². The van der Waals surface area contributed by atoms with Crippen molar-refractivity contribution in [3.63, 3.8) is 0 Å². The summed E-state index contributed by atoms with van der Waals surface area (Å²) < 4.78 is 1.64. The Morgan fingerprint density at radius 2 is 1.87 bits per heavy atom. The van der Waals surface area contributed by atoms with Gasteiger partial charge in [0.25, 0.3) is 5.91 Å². The maximum atomic E-state index is 12.4. The van der Waals surface area contributed by atoms with Crippen LogP contribution in [-0.2, 0) is 7.05 Å². The van der Waals surface area contributed by atoms with Crippen molar-refractivity contribution in [3.05, 3.63) is 57.0 Å². The molecule has 0 spiro atoms. The summed E-state index contributed by atoms with van der Waals surface area (Å²) in [5.74, 6) is 0.491. The predicted octanol–water partition coefficient (Wildman–Crippen LogP) is 5.02. The molecular weight excluding hydrogens is 353 g/mol. The van der Waals surface area contributed by atoms with Crippen molar-refractivity contribution >= 4 is 46.3 Å². The molecule has 1 aromatic carbocycles. The average Bonchev–Trinajstić information content (AvgIpc) is 3.05. The van der Waals surface area contributed by atoms with E-state index in [0.29, 0.717) is 20.7 Å². The Bertz CT molecular complexity index is 865. The van der Waals surface area contributed by atoms with Gasteiger partial charge in [0.1, 0.15) is 5.82 Å². The molecule has 0 aliphatic carbocycles. The second-order valence-corrected chi connectivity index (χ2v) is 7.03. The summed E-state index contributed by atoms with van der Waals surface area (Å²) in [6.45, 7) is 1.88. The van der Waals surface area contributed by atoms with Gasteiger partial charge in [0, 0.05) is 28.0 Å². The van der Waals surface area contributed by atoms with Gasteiger partial charge in [-0.25, -0.2) is 0 Å². The molecule has 2 aromatic heterocycles. The number of anilines is 1. The van der Waals surface area contributed by atoms with Crippen LogP contribution < -0.4 is 5.32 Å². The van der Waals surface area contributed by atoms with E-state index in [-0.39, 0.29) is 5.91 Å². The number of rotatable bonds is 3. The highest BCUT2D eigenvalue weighted by atomic mass is 35.5. The Labute approximate surface area is 147 Å². The molecule has 118 valence electrons. The Balaban J connectivity index is 1.83. The number of nitrogens with one attached hydrogen (secondary N) is 1. The summed E-state index contributed by atoms with van der Waals surface area (Å²) in [5.41, 5.74) is 1.74. The van der Waals surface area contributed by atoms with Crippen LogP contribution in [0.5, 0.6) is 0 Å². The quantitative estimate of drug-likeness (QED) is 0.708. The van der Waals surface area contributed by atoms with E-state index in [9.17, 15) is 4.79 Å². The van der Waals surface area contributed by atoms with Crippen molar-refractivity contribution in [2.45, 2.75) is 6.92 Å². The molecule has 2 heterocycles. The number of thiophene rings is 1. The van der Waals surface area contributed by atoms with E-state index in [2.05, 4.69) is 10.4 Å². The smallest absolute Gasteiger partial charge is 0.266 e. The first-order chi connectivity index (χ1) is 10.9. The molecule has 0 saturated carbocycles. The fraction of sp³-hybridized carbons (Fsp3) is 0.125. The summed E-state index contributed by atoms with van der Waals surface area (Å²) in [5, 5.41) is 8.19. The van der Waals surface area contributed by atoms with Crippen LogP contribution in [0.1, 0.15) is 15.4 Å². The first kappa shape index (κ1) is 16.1. The third-order valence-electron chi connectivity index (χ3n) is 3.22. The van der Waals surface area contributed by atoms with E-state index in [1.165, 1.54) is 11.3 Å². The zero-order valence-corrected chi connectivity index (χ0v) is 14.8. The highest BCUT2D eigenvalue weighted by Crippen LogP contribution is 2.32. The van der Waals surface area contributed by atoms with Crippen LogP contribution in [0.15, 0.2) is 36.4 Å². The Hall–Kier alpha value is -1.82. The van der Waals surface area contributed by atoms with E-state index in [1.54, 1.807) is 23.9 Å². The number of benzene rings is 1. The number of hydrogen-bond acceptors (Lipinski definition) is 3.